The molecule has 0 bridgehead atoms. The third-order valence-corrected chi connectivity index (χ3v) is 4.24. The molecule has 15 heavy (non-hydrogen) atoms. The van der Waals surface area contributed by atoms with Crippen LogP contribution in [0.25, 0.3) is 0 Å². The van der Waals surface area contributed by atoms with E-state index in [4.69, 9.17) is 0 Å². The molecule has 0 nitrogen and oxygen atoms in total. The van der Waals surface area contributed by atoms with E-state index in [9.17, 15) is 0 Å². The molecule has 2 rings (SSSR count). The van der Waals surface area contributed by atoms with Gasteiger partial charge >= 0.3 is 0 Å². The molecule has 0 unspecified atom stereocenters. The maximum absolute atomic E-state index is 2.47. The number of allylic oxidation sites excluding steroid dienone is 4. The predicted molar refractivity (Wildman–Crippen MR) is 66.7 cm³/mol. The lowest BCUT2D eigenvalue weighted by molar-refractivity contribution is 0.384. The minimum atomic E-state index is 0.747. The van der Waals surface area contributed by atoms with Gasteiger partial charge in [-0.2, -0.15) is 0 Å². The van der Waals surface area contributed by atoms with Crippen molar-refractivity contribution in [1.82, 2.24) is 0 Å². The van der Waals surface area contributed by atoms with Crippen LogP contribution >= 0.6 is 0 Å². The summed E-state index contributed by atoms with van der Waals surface area (Å²) in [6, 6.07) is 0. The van der Waals surface area contributed by atoms with Crippen LogP contribution in [0, 0.1) is 17.8 Å². The van der Waals surface area contributed by atoms with Crippen LogP contribution in [0.2, 0.25) is 0 Å². The van der Waals surface area contributed by atoms with Crippen molar-refractivity contribution in [2.45, 2.75) is 53.4 Å². The molecule has 0 amide bonds. The number of fused-ring (bicyclic) bond motifs is 1. The van der Waals surface area contributed by atoms with Gasteiger partial charge in [-0.25, -0.2) is 0 Å². The third kappa shape index (κ3) is 2.04. The van der Waals surface area contributed by atoms with Crippen LogP contribution in [0.4, 0.5) is 0 Å². The molecule has 84 valence electrons. The molecule has 0 aromatic carbocycles. The lowest BCUT2D eigenvalue weighted by atomic mass is 9.69. The second-order valence-corrected chi connectivity index (χ2v) is 5.80. The summed E-state index contributed by atoms with van der Waals surface area (Å²) >= 11 is 0. The van der Waals surface area contributed by atoms with E-state index in [1.165, 1.54) is 25.7 Å². The molecule has 0 saturated heterocycles. The van der Waals surface area contributed by atoms with E-state index in [1.54, 1.807) is 11.1 Å². The molecule has 0 radical (unpaired) electrons. The van der Waals surface area contributed by atoms with Gasteiger partial charge in [0, 0.05) is 5.92 Å². The summed E-state index contributed by atoms with van der Waals surface area (Å²) < 4.78 is 0. The quantitative estimate of drug-likeness (QED) is 0.542. The Labute approximate surface area is 94.5 Å². The van der Waals surface area contributed by atoms with Crippen LogP contribution < -0.4 is 0 Å². The zero-order chi connectivity index (χ0) is 11.0. The molecule has 1 saturated carbocycles. The summed E-state index contributed by atoms with van der Waals surface area (Å²) in [5.41, 5.74) is 5.20. The highest BCUT2D eigenvalue weighted by Gasteiger charge is 2.29. The van der Waals surface area contributed by atoms with Gasteiger partial charge in [0.25, 0.3) is 0 Å². The monoisotopic (exact) mass is 204 g/mol. The average molecular weight is 204 g/mol. The van der Waals surface area contributed by atoms with Crippen molar-refractivity contribution >= 4 is 0 Å². The van der Waals surface area contributed by atoms with Crippen LogP contribution in [0.3, 0.4) is 0 Å². The van der Waals surface area contributed by atoms with Gasteiger partial charge in [0.2, 0.25) is 0 Å². The summed E-state index contributed by atoms with van der Waals surface area (Å²) in [5.74, 6) is 2.47. The molecular formula is C15H24. The Kier molecular flexibility index (Phi) is 3.04. The fourth-order valence-corrected chi connectivity index (χ4v) is 3.25. The smallest absolute Gasteiger partial charge is 0.000736 e. The highest BCUT2D eigenvalue weighted by molar-refractivity contribution is 5.34. The van der Waals surface area contributed by atoms with Gasteiger partial charge in [-0.3, -0.25) is 0 Å². The highest BCUT2D eigenvalue weighted by Crippen LogP contribution is 2.44. The van der Waals surface area contributed by atoms with Crippen LogP contribution in [-0.4, -0.2) is 0 Å². The van der Waals surface area contributed by atoms with Gasteiger partial charge in [-0.1, -0.05) is 43.6 Å². The van der Waals surface area contributed by atoms with Crippen molar-refractivity contribution in [3.63, 3.8) is 0 Å². The molecule has 0 spiro atoms. The molecule has 0 N–H and O–H groups in total. The molecule has 0 heteroatoms. The molecule has 0 aromatic heterocycles. The van der Waals surface area contributed by atoms with Gasteiger partial charge in [-0.15, -0.1) is 0 Å². The lowest BCUT2D eigenvalue weighted by Crippen LogP contribution is -2.22. The van der Waals surface area contributed by atoms with Crippen molar-refractivity contribution in [1.29, 1.82) is 0 Å². The molecule has 0 aromatic rings. The molecule has 2 atom stereocenters. The van der Waals surface area contributed by atoms with Crippen LogP contribution in [0.15, 0.2) is 22.8 Å². The first-order valence-corrected chi connectivity index (χ1v) is 6.48. The number of hydrogen-bond donors (Lipinski definition) is 0. The predicted octanol–water partition coefficient (Wildman–Crippen LogP) is 4.73. The number of rotatable bonds is 1. The molecule has 2 aliphatic carbocycles. The summed E-state index contributed by atoms with van der Waals surface area (Å²) in [6.45, 7) is 9.45. The Hall–Kier alpha value is -0.520. The Morgan fingerprint density at radius 3 is 2.67 bits per heavy atom. The van der Waals surface area contributed by atoms with Crippen molar-refractivity contribution in [2.24, 2.45) is 17.8 Å². The Morgan fingerprint density at radius 2 is 2.00 bits per heavy atom. The van der Waals surface area contributed by atoms with E-state index in [2.05, 4.69) is 33.8 Å². The summed E-state index contributed by atoms with van der Waals surface area (Å²) in [4.78, 5) is 0. The first-order valence-electron chi connectivity index (χ1n) is 6.48. The van der Waals surface area contributed by atoms with Crippen LogP contribution in [0.5, 0.6) is 0 Å². The van der Waals surface area contributed by atoms with E-state index < -0.39 is 0 Å². The van der Waals surface area contributed by atoms with Crippen molar-refractivity contribution < 1.29 is 0 Å². The fraction of sp³-hybridized carbons (Fsp3) is 0.733. The summed E-state index contributed by atoms with van der Waals surface area (Å²) in [5, 5.41) is 0. The second kappa shape index (κ2) is 4.15. The number of hydrogen-bond acceptors (Lipinski definition) is 0. The van der Waals surface area contributed by atoms with E-state index in [-0.39, 0.29) is 0 Å². The van der Waals surface area contributed by atoms with Crippen LogP contribution in [0.1, 0.15) is 53.4 Å². The Bertz CT molecular complexity index is 304. The van der Waals surface area contributed by atoms with Gasteiger partial charge in [-0.05, 0) is 44.4 Å². The third-order valence-electron chi connectivity index (χ3n) is 4.24. The van der Waals surface area contributed by atoms with E-state index in [0.717, 1.165) is 17.8 Å². The Morgan fingerprint density at radius 1 is 1.27 bits per heavy atom. The van der Waals surface area contributed by atoms with E-state index in [1.807, 2.05) is 5.57 Å². The topological polar surface area (TPSA) is 0 Å². The highest BCUT2D eigenvalue weighted by atomic mass is 14.3. The molecule has 0 aliphatic heterocycles. The second-order valence-electron chi connectivity index (χ2n) is 5.80. The standard InChI is InChI=1S/C15H24/c1-10(2)13-8-6-12(4)14-7-5-11(3)9-15(13)14/h6,10-11,14H,5,7-9H2,1-4H3/t11-,14-/m1/s1. The van der Waals surface area contributed by atoms with Crippen LogP contribution in [-0.2, 0) is 0 Å². The maximum atomic E-state index is 2.47. The van der Waals surface area contributed by atoms with Crippen molar-refractivity contribution in [2.75, 3.05) is 0 Å². The lowest BCUT2D eigenvalue weighted by Gasteiger charge is -2.36. The molecule has 2 aliphatic rings. The minimum Gasteiger partial charge on any atom is -0.0809 e. The van der Waals surface area contributed by atoms with E-state index in [0.29, 0.717) is 0 Å². The first-order chi connectivity index (χ1) is 7.09. The fourth-order valence-electron chi connectivity index (χ4n) is 3.25. The minimum absolute atomic E-state index is 0.747. The Balaban J connectivity index is 2.31. The van der Waals surface area contributed by atoms with Crippen molar-refractivity contribution in [3.05, 3.63) is 22.8 Å². The summed E-state index contributed by atoms with van der Waals surface area (Å²) in [7, 11) is 0. The van der Waals surface area contributed by atoms with Gasteiger partial charge < -0.3 is 0 Å². The van der Waals surface area contributed by atoms with Gasteiger partial charge in [0.1, 0.15) is 0 Å². The maximum Gasteiger partial charge on any atom is 0.000736 e. The SMILES string of the molecule is CC1=CCC(C(C)C)=C2C[C@H](C)CC[C@H]12. The normalized spacial score (nSPS) is 31.7. The zero-order valence-electron chi connectivity index (χ0n) is 10.6. The first kappa shape index (κ1) is 11.0. The average Bonchev–Trinajstić information content (AvgIpc) is 2.17. The molecular weight excluding hydrogens is 180 g/mol. The largest absolute Gasteiger partial charge is 0.0809 e. The van der Waals surface area contributed by atoms with Crippen molar-refractivity contribution in [3.8, 4) is 0 Å². The molecule has 0 heterocycles. The van der Waals surface area contributed by atoms with Gasteiger partial charge in [0.05, 0.1) is 0 Å². The zero-order valence-corrected chi connectivity index (χ0v) is 10.6. The van der Waals surface area contributed by atoms with E-state index >= 15 is 0 Å². The van der Waals surface area contributed by atoms with Gasteiger partial charge in [0.15, 0.2) is 0 Å². The molecule has 1 fully saturated rings. The summed E-state index contributed by atoms with van der Waals surface area (Å²) in [6.07, 6.45) is 7.88.